The van der Waals surface area contributed by atoms with Gasteiger partial charge in [0.25, 0.3) is 5.91 Å². The largest absolute Gasteiger partial charge is 0.508 e. The lowest BCUT2D eigenvalue weighted by Gasteiger charge is -2.50. The minimum Gasteiger partial charge on any atom is -0.508 e. The highest BCUT2D eigenvalue weighted by Crippen LogP contribution is 2.52. The van der Waals surface area contributed by atoms with Gasteiger partial charge in [-0.1, -0.05) is 5.92 Å². The SMILES string of the molecule is C#Cc1ccc(O)c2c1C[C@@H]1C[C@@H]3[C@@H](N(C)C)C(=O)C(C(N)=O)=C(O)[C@]3(O)C(=O)C1=C2O. The number of terminal acetylenes is 1. The Morgan fingerprint density at radius 1 is 1.25 bits per heavy atom. The van der Waals surface area contributed by atoms with Crippen molar-refractivity contribution in [3.05, 3.63) is 45.7 Å². The first-order valence-electron chi connectivity index (χ1n) is 9.93. The number of nitrogens with zero attached hydrogens (tertiary/aromatic N) is 1. The number of primary amides is 1. The second-order valence-corrected chi connectivity index (χ2v) is 8.59. The maximum atomic E-state index is 13.6. The zero-order chi connectivity index (χ0) is 23.7. The van der Waals surface area contributed by atoms with Crippen LogP contribution in [0.15, 0.2) is 29.0 Å². The Labute approximate surface area is 183 Å². The third-order valence-corrected chi connectivity index (χ3v) is 6.76. The predicted molar refractivity (Wildman–Crippen MR) is 112 cm³/mol. The number of phenolic OH excluding ortho intramolecular Hbond substituents is 1. The molecule has 0 bridgehead atoms. The first kappa shape index (κ1) is 21.6. The highest BCUT2D eigenvalue weighted by atomic mass is 16.3. The molecule has 0 spiro atoms. The van der Waals surface area contributed by atoms with Crippen molar-refractivity contribution >= 4 is 23.2 Å². The lowest BCUT2D eigenvalue weighted by molar-refractivity contribution is -0.153. The number of Topliss-reactive ketones (excluding diaryl/α,β-unsaturated/α-hetero) is 2. The van der Waals surface area contributed by atoms with Crippen LogP contribution >= 0.6 is 0 Å². The molecule has 6 N–H and O–H groups in total. The van der Waals surface area contributed by atoms with E-state index in [1.165, 1.54) is 17.0 Å². The number of amides is 1. The summed E-state index contributed by atoms with van der Waals surface area (Å²) in [5.74, 6) is -4.37. The molecule has 4 rings (SSSR count). The molecule has 1 amide bonds. The highest BCUT2D eigenvalue weighted by molar-refractivity contribution is 6.24. The Balaban J connectivity index is 2.00. The van der Waals surface area contributed by atoms with Gasteiger partial charge in [-0.2, -0.15) is 0 Å². The smallest absolute Gasteiger partial charge is 0.255 e. The number of rotatable bonds is 2. The topological polar surface area (TPSA) is 161 Å². The Morgan fingerprint density at radius 3 is 2.47 bits per heavy atom. The van der Waals surface area contributed by atoms with E-state index >= 15 is 0 Å². The zero-order valence-corrected chi connectivity index (χ0v) is 17.4. The summed E-state index contributed by atoms with van der Waals surface area (Å²) < 4.78 is 0. The number of benzene rings is 1. The van der Waals surface area contributed by atoms with Gasteiger partial charge in [-0.3, -0.25) is 19.3 Å². The molecule has 1 aromatic carbocycles. The molecule has 1 aromatic rings. The summed E-state index contributed by atoms with van der Waals surface area (Å²) in [5.41, 5.74) is 2.46. The van der Waals surface area contributed by atoms with E-state index in [1.54, 1.807) is 14.1 Å². The number of aliphatic hydroxyl groups is 3. The molecule has 3 aliphatic carbocycles. The van der Waals surface area contributed by atoms with Crippen LogP contribution in [-0.2, 0) is 20.8 Å². The summed E-state index contributed by atoms with van der Waals surface area (Å²) in [7, 11) is 3.09. The van der Waals surface area contributed by atoms with Crippen LogP contribution in [0, 0.1) is 24.2 Å². The number of hydrogen-bond acceptors (Lipinski definition) is 8. The van der Waals surface area contributed by atoms with E-state index in [9.17, 15) is 34.8 Å². The van der Waals surface area contributed by atoms with Crippen molar-refractivity contribution in [3.8, 4) is 18.1 Å². The number of likely N-dealkylation sites (N-methyl/N-ethyl adjacent to an activating group) is 1. The van der Waals surface area contributed by atoms with E-state index in [4.69, 9.17) is 12.2 Å². The Bertz CT molecular complexity index is 1200. The van der Waals surface area contributed by atoms with Gasteiger partial charge in [0.2, 0.25) is 5.78 Å². The number of ketones is 2. The van der Waals surface area contributed by atoms with E-state index in [2.05, 4.69) is 5.92 Å². The molecule has 166 valence electrons. The molecule has 0 unspecified atom stereocenters. The Kier molecular flexibility index (Phi) is 4.69. The van der Waals surface area contributed by atoms with Crippen LogP contribution in [0.3, 0.4) is 0 Å². The van der Waals surface area contributed by atoms with E-state index in [1.807, 2.05) is 0 Å². The van der Waals surface area contributed by atoms with Gasteiger partial charge in [0, 0.05) is 17.1 Å². The number of carbonyl (C=O) groups is 3. The van der Waals surface area contributed by atoms with Crippen LogP contribution in [-0.4, -0.2) is 68.5 Å². The quantitative estimate of drug-likeness (QED) is 0.317. The molecular weight excluding hydrogens is 416 g/mol. The third kappa shape index (κ3) is 2.57. The van der Waals surface area contributed by atoms with Gasteiger partial charge in [-0.25, -0.2) is 0 Å². The van der Waals surface area contributed by atoms with Gasteiger partial charge in [0.1, 0.15) is 22.8 Å². The molecule has 0 aliphatic heterocycles. The molecule has 4 atom stereocenters. The minimum absolute atomic E-state index is 0.0169. The van der Waals surface area contributed by atoms with Crippen LogP contribution in [0.1, 0.15) is 23.1 Å². The fraction of sp³-hybridized carbons (Fsp3) is 0.348. The molecule has 3 aliphatic rings. The summed E-state index contributed by atoms with van der Waals surface area (Å²) in [6.07, 6.45) is 5.75. The molecule has 9 nitrogen and oxygen atoms in total. The maximum absolute atomic E-state index is 13.6. The van der Waals surface area contributed by atoms with Gasteiger partial charge in [-0.05, 0) is 50.6 Å². The molecule has 9 heteroatoms. The lowest BCUT2D eigenvalue weighted by atomic mass is 9.57. The molecule has 0 heterocycles. The van der Waals surface area contributed by atoms with E-state index in [0.29, 0.717) is 11.1 Å². The number of aliphatic hydroxyl groups excluding tert-OH is 2. The average Bonchev–Trinajstić information content (AvgIpc) is 2.70. The average molecular weight is 438 g/mol. The number of phenols is 1. The number of fused-ring (bicyclic) bond motifs is 3. The van der Waals surface area contributed by atoms with E-state index in [0.717, 1.165) is 0 Å². The molecule has 1 fully saturated rings. The van der Waals surface area contributed by atoms with Crippen molar-refractivity contribution in [2.75, 3.05) is 14.1 Å². The van der Waals surface area contributed by atoms with Crippen LogP contribution in [0.2, 0.25) is 0 Å². The van der Waals surface area contributed by atoms with Gasteiger partial charge in [0.15, 0.2) is 11.4 Å². The summed E-state index contributed by atoms with van der Waals surface area (Å²) >= 11 is 0. The molecule has 1 saturated carbocycles. The fourth-order valence-electron chi connectivity index (χ4n) is 5.38. The monoisotopic (exact) mass is 438 g/mol. The molecule has 0 aromatic heterocycles. The number of hydrogen-bond donors (Lipinski definition) is 5. The number of aromatic hydroxyl groups is 1. The van der Waals surface area contributed by atoms with Crippen molar-refractivity contribution in [2.45, 2.75) is 24.5 Å². The van der Waals surface area contributed by atoms with Gasteiger partial charge < -0.3 is 26.2 Å². The second kappa shape index (κ2) is 6.95. The number of carbonyl (C=O) groups excluding carboxylic acids is 3. The summed E-state index contributed by atoms with van der Waals surface area (Å²) in [6.45, 7) is 0. The van der Waals surface area contributed by atoms with Crippen molar-refractivity contribution in [3.63, 3.8) is 0 Å². The van der Waals surface area contributed by atoms with Crippen molar-refractivity contribution < 1.29 is 34.8 Å². The number of nitrogens with two attached hydrogens (primary N) is 1. The van der Waals surface area contributed by atoms with Crippen LogP contribution in [0.4, 0.5) is 0 Å². The van der Waals surface area contributed by atoms with E-state index < -0.39 is 58.0 Å². The van der Waals surface area contributed by atoms with Crippen LogP contribution in [0.25, 0.3) is 5.76 Å². The summed E-state index contributed by atoms with van der Waals surface area (Å²) in [5, 5.41) is 43.5. The fourth-order valence-corrected chi connectivity index (χ4v) is 5.38. The first-order chi connectivity index (χ1) is 15.0. The summed E-state index contributed by atoms with van der Waals surface area (Å²) in [4.78, 5) is 39.9. The minimum atomic E-state index is -2.65. The first-order valence-corrected chi connectivity index (χ1v) is 9.93. The predicted octanol–water partition coefficient (Wildman–Crippen LogP) is -0.0547. The van der Waals surface area contributed by atoms with Crippen molar-refractivity contribution in [1.29, 1.82) is 0 Å². The molecule has 0 saturated heterocycles. The third-order valence-electron chi connectivity index (χ3n) is 6.76. The molecule has 0 radical (unpaired) electrons. The molecule has 32 heavy (non-hydrogen) atoms. The highest BCUT2D eigenvalue weighted by Gasteiger charge is 2.64. The molecular formula is C23H22N2O7. The zero-order valence-electron chi connectivity index (χ0n) is 17.4. The van der Waals surface area contributed by atoms with Crippen LogP contribution < -0.4 is 5.73 Å². The Morgan fingerprint density at radius 2 is 1.91 bits per heavy atom. The summed E-state index contributed by atoms with van der Waals surface area (Å²) in [6, 6.07) is 1.69. The van der Waals surface area contributed by atoms with Gasteiger partial charge in [0.05, 0.1) is 11.6 Å². The lowest BCUT2D eigenvalue weighted by Crippen LogP contribution is -2.65. The Hall–Kier alpha value is -3.61. The second-order valence-electron chi connectivity index (χ2n) is 8.59. The van der Waals surface area contributed by atoms with Gasteiger partial charge in [-0.15, -0.1) is 6.42 Å². The maximum Gasteiger partial charge on any atom is 0.255 e. The van der Waals surface area contributed by atoms with Crippen LogP contribution in [0.5, 0.6) is 5.75 Å². The van der Waals surface area contributed by atoms with Gasteiger partial charge >= 0.3 is 0 Å². The van der Waals surface area contributed by atoms with Crippen molar-refractivity contribution in [1.82, 2.24) is 4.90 Å². The normalized spacial score (nSPS) is 29.4. The van der Waals surface area contributed by atoms with Crippen molar-refractivity contribution in [2.24, 2.45) is 17.6 Å². The standard InChI is InChI=1S/C23H22N2O7/c1-4-9-5-6-13(26)15-11(9)7-10-8-12-17(25(2)3)19(28)16(22(24)31)21(30)23(12,32)20(29)14(10)18(15)27/h1,5-6,10,12,17,26-27,30,32H,7-8H2,2-3H3,(H2,24,31)/t10-,12-,17-,23-/m1/s1. The van der Waals surface area contributed by atoms with E-state index in [-0.39, 0.29) is 29.7 Å².